The van der Waals surface area contributed by atoms with Gasteiger partial charge in [0.25, 0.3) is 0 Å². The number of nitrogens with zero attached hydrogens (tertiary/aromatic N) is 4. The molecule has 5 heteroatoms. The van der Waals surface area contributed by atoms with E-state index in [9.17, 15) is 0 Å². The Bertz CT molecular complexity index is 268. The van der Waals surface area contributed by atoms with Gasteiger partial charge in [-0.25, -0.2) is 0 Å². The molecule has 0 fully saturated rings. The van der Waals surface area contributed by atoms with Crippen LogP contribution in [-0.4, -0.2) is 22.8 Å². The van der Waals surface area contributed by atoms with Crippen molar-refractivity contribution in [3.63, 3.8) is 0 Å². The van der Waals surface area contributed by atoms with E-state index in [0.29, 0.717) is 6.67 Å². The summed E-state index contributed by atoms with van der Waals surface area (Å²) < 4.78 is 1.76. The first kappa shape index (κ1) is 6.21. The Morgan fingerprint density at radius 2 is 2.55 bits per heavy atom. The fourth-order valence-electron chi connectivity index (χ4n) is 0.978. The lowest BCUT2D eigenvalue weighted by atomic mass is 10.5. The molecule has 2 rings (SSSR count). The number of rotatable bonds is 1. The Labute approximate surface area is 64.3 Å². The SMILES string of the molecule is Cn1cc(N2CN=CN2)cn1. The lowest BCUT2D eigenvalue weighted by Gasteiger charge is -2.12. The molecule has 0 aromatic carbocycles. The number of hydrazine groups is 1. The molecule has 0 amide bonds. The summed E-state index contributed by atoms with van der Waals surface area (Å²) in [6, 6.07) is 0. The normalized spacial score (nSPS) is 15.5. The van der Waals surface area contributed by atoms with E-state index in [4.69, 9.17) is 0 Å². The van der Waals surface area contributed by atoms with Crippen LogP contribution in [0, 0.1) is 0 Å². The van der Waals surface area contributed by atoms with Crippen molar-refractivity contribution in [3.05, 3.63) is 12.4 Å². The average Bonchev–Trinajstić information content (AvgIpc) is 2.55. The highest BCUT2D eigenvalue weighted by Gasteiger charge is 2.08. The van der Waals surface area contributed by atoms with Crippen molar-refractivity contribution < 1.29 is 0 Å². The predicted octanol–water partition coefficient (Wildman–Crippen LogP) is -0.270. The van der Waals surface area contributed by atoms with Crippen LogP contribution in [0.4, 0.5) is 5.69 Å². The molecule has 2 heterocycles. The minimum Gasteiger partial charge on any atom is -0.286 e. The Morgan fingerprint density at radius 3 is 3.09 bits per heavy atom. The van der Waals surface area contributed by atoms with Crippen LogP contribution >= 0.6 is 0 Å². The van der Waals surface area contributed by atoms with E-state index in [1.165, 1.54) is 0 Å². The van der Waals surface area contributed by atoms with Gasteiger partial charge in [0, 0.05) is 13.2 Å². The third kappa shape index (κ3) is 1.04. The van der Waals surface area contributed by atoms with Crippen LogP contribution in [0.5, 0.6) is 0 Å². The zero-order valence-electron chi connectivity index (χ0n) is 6.23. The van der Waals surface area contributed by atoms with E-state index in [2.05, 4.69) is 15.5 Å². The average molecular weight is 151 g/mol. The molecule has 0 atom stereocenters. The van der Waals surface area contributed by atoms with Crippen LogP contribution in [0.15, 0.2) is 17.4 Å². The molecule has 0 aliphatic carbocycles. The molecule has 1 aliphatic heterocycles. The van der Waals surface area contributed by atoms with Crippen molar-refractivity contribution in [2.45, 2.75) is 0 Å². The number of hydrogen-bond donors (Lipinski definition) is 1. The molecule has 58 valence electrons. The second kappa shape index (κ2) is 2.26. The van der Waals surface area contributed by atoms with Gasteiger partial charge in [0.1, 0.15) is 13.0 Å². The molecule has 0 saturated carbocycles. The summed E-state index contributed by atoms with van der Waals surface area (Å²) >= 11 is 0. The van der Waals surface area contributed by atoms with Gasteiger partial charge in [-0.2, -0.15) is 5.10 Å². The van der Waals surface area contributed by atoms with Crippen LogP contribution in [0.3, 0.4) is 0 Å². The first-order valence-corrected chi connectivity index (χ1v) is 3.37. The van der Waals surface area contributed by atoms with E-state index in [1.54, 1.807) is 17.2 Å². The summed E-state index contributed by atoms with van der Waals surface area (Å²) in [5.74, 6) is 0. The van der Waals surface area contributed by atoms with Crippen molar-refractivity contribution in [3.8, 4) is 0 Å². The van der Waals surface area contributed by atoms with Crippen molar-refractivity contribution in [1.29, 1.82) is 0 Å². The molecule has 1 aromatic rings. The third-order valence-corrected chi connectivity index (χ3v) is 1.53. The quantitative estimate of drug-likeness (QED) is 0.601. The highest BCUT2D eigenvalue weighted by atomic mass is 15.6. The number of nitrogens with one attached hydrogen (secondary N) is 1. The molecule has 1 N–H and O–H groups in total. The van der Waals surface area contributed by atoms with Gasteiger partial charge in [0.05, 0.1) is 11.9 Å². The topological polar surface area (TPSA) is 45.5 Å². The van der Waals surface area contributed by atoms with Gasteiger partial charge in [-0.3, -0.25) is 20.1 Å². The van der Waals surface area contributed by atoms with Gasteiger partial charge >= 0.3 is 0 Å². The van der Waals surface area contributed by atoms with Crippen LogP contribution in [-0.2, 0) is 7.05 Å². The second-order valence-corrected chi connectivity index (χ2v) is 2.38. The third-order valence-electron chi connectivity index (χ3n) is 1.53. The molecular weight excluding hydrogens is 142 g/mol. The van der Waals surface area contributed by atoms with E-state index in [1.807, 2.05) is 18.3 Å². The largest absolute Gasteiger partial charge is 0.286 e. The Morgan fingerprint density at radius 1 is 1.64 bits per heavy atom. The summed E-state index contributed by atoms with van der Waals surface area (Å²) in [5.41, 5.74) is 4.01. The standard InChI is InChI=1S/C6H9N5/c1-10-3-6(2-8-10)11-5-7-4-9-11/h2-4H,5H2,1H3,(H,7,9). The van der Waals surface area contributed by atoms with Crippen molar-refractivity contribution >= 4 is 12.0 Å². The van der Waals surface area contributed by atoms with E-state index >= 15 is 0 Å². The van der Waals surface area contributed by atoms with Gasteiger partial charge in [-0.05, 0) is 0 Å². The maximum Gasteiger partial charge on any atom is 0.131 e. The number of aliphatic imine (C=N–C) groups is 1. The smallest absolute Gasteiger partial charge is 0.131 e. The Balaban J connectivity index is 2.17. The summed E-state index contributed by atoms with van der Waals surface area (Å²) in [7, 11) is 1.89. The number of aromatic nitrogens is 2. The minimum atomic E-state index is 0.658. The van der Waals surface area contributed by atoms with E-state index in [0.717, 1.165) is 5.69 Å². The molecular formula is C6H9N5. The van der Waals surface area contributed by atoms with Crippen LogP contribution < -0.4 is 10.4 Å². The summed E-state index contributed by atoms with van der Waals surface area (Å²) in [4.78, 5) is 4.00. The van der Waals surface area contributed by atoms with Crippen molar-refractivity contribution in [2.75, 3.05) is 11.7 Å². The molecule has 1 aromatic heterocycles. The molecule has 0 unspecified atom stereocenters. The molecule has 0 bridgehead atoms. The molecule has 11 heavy (non-hydrogen) atoms. The Kier molecular flexibility index (Phi) is 1.28. The molecule has 5 nitrogen and oxygen atoms in total. The van der Waals surface area contributed by atoms with Gasteiger partial charge in [-0.1, -0.05) is 0 Å². The lowest BCUT2D eigenvalue weighted by molar-refractivity contribution is 0.766. The summed E-state index contributed by atoms with van der Waals surface area (Å²) in [6.07, 6.45) is 5.40. The number of aryl methyl sites for hydroxylation is 1. The van der Waals surface area contributed by atoms with Crippen LogP contribution in [0.1, 0.15) is 0 Å². The molecule has 0 saturated heterocycles. The summed E-state index contributed by atoms with van der Waals surface area (Å²) in [5, 5.41) is 5.95. The fourth-order valence-corrected chi connectivity index (χ4v) is 0.978. The van der Waals surface area contributed by atoms with Gasteiger partial charge in [0.2, 0.25) is 0 Å². The summed E-state index contributed by atoms with van der Waals surface area (Å²) in [6.45, 7) is 0.658. The maximum atomic E-state index is 4.04. The minimum absolute atomic E-state index is 0.658. The predicted molar refractivity (Wildman–Crippen MR) is 42.2 cm³/mol. The van der Waals surface area contributed by atoms with E-state index in [-0.39, 0.29) is 0 Å². The fraction of sp³-hybridized carbons (Fsp3) is 0.333. The monoisotopic (exact) mass is 151 g/mol. The van der Waals surface area contributed by atoms with E-state index < -0.39 is 0 Å². The van der Waals surface area contributed by atoms with Crippen LogP contribution in [0.2, 0.25) is 0 Å². The highest BCUT2D eigenvalue weighted by molar-refractivity contribution is 5.62. The first-order chi connectivity index (χ1) is 5.36. The van der Waals surface area contributed by atoms with Crippen molar-refractivity contribution in [1.82, 2.24) is 15.2 Å². The molecule has 0 radical (unpaired) electrons. The number of hydrogen-bond acceptors (Lipinski definition) is 4. The zero-order valence-corrected chi connectivity index (χ0v) is 6.23. The first-order valence-electron chi connectivity index (χ1n) is 3.37. The molecule has 0 spiro atoms. The van der Waals surface area contributed by atoms with Crippen LogP contribution in [0.25, 0.3) is 0 Å². The van der Waals surface area contributed by atoms with Gasteiger partial charge in [-0.15, -0.1) is 0 Å². The van der Waals surface area contributed by atoms with Crippen molar-refractivity contribution in [2.24, 2.45) is 12.0 Å². The van der Waals surface area contributed by atoms with Gasteiger partial charge in [0.15, 0.2) is 0 Å². The second-order valence-electron chi connectivity index (χ2n) is 2.38. The maximum absolute atomic E-state index is 4.04. The Hall–Kier alpha value is -1.52. The lowest BCUT2D eigenvalue weighted by Crippen LogP contribution is -2.31. The zero-order chi connectivity index (χ0) is 7.68. The number of anilines is 1. The van der Waals surface area contributed by atoms with Gasteiger partial charge < -0.3 is 0 Å². The highest BCUT2D eigenvalue weighted by Crippen LogP contribution is 2.10. The molecule has 1 aliphatic rings.